The van der Waals surface area contributed by atoms with E-state index in [-0.39, 0.29) is 0 Å². The van der Waals surface area contributed by atoms with Crippen molar-refractivity contribution >= 4 is 37.8 Å². The SMILES string of the molecule is Nc1nc2ccc(C(=C(c3ccccc3)c3ccccc3)c3ccccc3)cc2s1. The first-order chi connectivity index (χ1) is 14.8. The summed E-state index contributed by atoms with van der Waals surface area (Å²) < 4.78 is 1.10. The van der Waals surface area contributed by atoms with Gasteiger partial charge < -0.3 is 5.73 Å². The van der Waals surface area contributed by atoms with Crippen molar-refractivity contribution in [3.8, 4) is 0 Å². The summed E-state index contributed by atoms with van der Waals surface area (Å²) in [5.74, 6) is 0. The maximum Gasteiger partial charge on any atom is 0.181 e. The predicted octanol–water partition coefficient (Wildman–Crippen LogP) is 6.89. The van der Waals surface area contributed by atoms with Crippen LogP contribution in [0.4, 0.5) is 5.13 Å². The van der Waals surface area contributed by atoms with Crippen LogP contribution in [0.15, 0.2) is 109 Å². The Labute approximate surface area is 180 Å². The molecule has 3 heteroatoms. The zero-order chi connectivity index (χ0) is 20.3. The van der Waals surface area contributed by atoms with Gasteiger partial charge in [0.15, 0.2) is 5.13 Å². The van der Waals surface area contributed by atoms with Gasteiger partial charge in [-0.2, -0.15) is 0 Å². The molecule has 0 unspecified atom stereocenters. The Balaban J connectivity index is 1.87. The van der Waals surface area contributed by atoms with Crippen LogP contribution >= 0.6 is 11.3 Å². The van der Waals surface area contributed by atoms with E-state index in [1.165, 1.54) is 39.2 Å². The summed E-state index contributed by atoms with van der Waals surface area (Å²) in [4.78, 5) is 4.43. The number of nitrogens with zero attached hydrogens (tertiary/aromatic N) is 1. The molecule has 5 aromatic rings. The fourth-order valence-electron chi connectivity index (χ4n) is 3.82. The fourth-order valence-corrected chi connectivity index (χ4v) is 4.60. The largest absolute Gasteiger partial charge is 0.375 e. The summed E-state index contributed by atoms with van der Waals surface area (Å²) in [6.07, 6.45) is 0. The Morgan fingerprint density at radius 1 is 0.567 bits per heavy atom. The van der Waals surface area contributed by atoms with Gasteiger partial charge in [0.2, 0.25) is 0 Å². The third-order valence-corrected chi connectivity index (χ3v) is 5.98. The minimum Gasteiger partial charge on any atom is -0.375 e. The maximum absolute atomic E-state index is 5.97. The Bertz CT molecular complexity index is 1280. The van der Waals surface area contributed by atoms with E-state index in [4.69, 9.17) is 5.73 Å². The molecule has 0 amide bonds. The van der Waals surface area contributed by atoms with Crippen molar-refractivity contribution in [2.24, 2.45) is 0 Å². The second-order valence-corrected chi connectivity index (χ2v) is 8.14. The Hall–Kier alpha value is -3.69. The van der Waals surface area contributed by atoms with Crippen molar-refractivity contribution in [2.75, 3.05) is 5.73 Å². The second kappa shape index (κ2) is 7.97. The summed E-state index contributed by atoms with van der Waals surface area (Å²) in [5, 5.41) is 0.596. The van der Waals surface area contributed by atoms with Gasteiger partial charge in [0.05, 0.1) is 10.2 Å². The lowest BCUT2D eigenvalue weighted by Crippen LogP contribution is -1.97. The quantitative estimate of drug-likeness (QED) is 0.331. The molecule has 0 saturated heterocycles. The van der Waals surface area contributed by atoms with Crippen LogP contribution in [-0.4, -0.2) is 4.98 Å². The number of nitrogens with two attached hydrogens (primary N) is 1. The average Bonchev–Trinajstić information content (AvgIpc) is 3.18. The van der Waals surface area contributed by atoms with Gasteiger partial charge in [-0.3, -0.25) is 0 Å². The molecule has 5 rings (SSSR count). The van der Waals surface area contributed by atoms with Gasteiger partial charge in [-0.1, -0.05) is 108 Å². The van der Waals surface area contributed by atoms with Crippen molar-refractivity contribution in [1.29, 1.82) is 0 Å². The Morgan fingerprint density at radius 2 is 1.03 bits per heavy atom. The molecule has 30 heavy (non-hydrogen) atoms. The van der Waals surface area contributed by atoms with Crippen LogP contribution in [0.3, 0.4) is 0 Å². The van der Waals surface area contributed by atoms with Crippen molar-refractivity contribution in [2.45, 2.75) is 0 Å². The number of anilines is 1. The van der Waals surface area contributed by atoms with Gasteiger partial charge in [0, 0.05) is 0 Å². The fraction of sp³-hybridized carbons (Fsp3) is 0. The molecule has 0 fully saturated rings. The Kier molecular flexibility index (Phi) is 4.88. The number of aromatic nitrogens is 1. The van der Waals surface area contributed by atoms with Crippen LogP contribution in [0, 0.1) is 0 Å². The van der Waals surface area contributed by atoms with Gasteiger partial charge in [0.1, 0.15) is 0 Å². The maximum atomic E-state index is 5.97. The topological polar surface area (TPSA) is 38.9 Å². The van der Waals surface area contributed by atoms with E-state index in [2.05, 4.69) is 114 Å². The first kappa shape index (κ1) is 18.3. The first-order valence-corrected chi connectivity index (χ1v) is 10.7. The highest BCUT2D eigenvalue weighted by atomic mass is 32.1. The minimum atomic E-state index is 0.596. The van der Waals surface area contributed by atoms with E-state index in [1.54, 1.807) is 0 Å². The number of rotatable bonds is 4. The van der Waals surface area contributed by atoms with Gasteiger partial charge >= 0.3 is 0 Å². The van der Waals surface area contributed by atoms with E-state index in [0.717, 1.165) is 15.8 Å². The molecule has 1 aromatic heterocycles. The molecule has 1 heterocycles. The van der Waals surface area contributed by atoms with Crippen molar-refractivity contribution in [3.05, 3.63) is 131 Å². The summed E-state index contributed by atoms with van der Waals surface area (Å²) in [7, 11) is 0. The third kappa shape index (κ3) is 3.51. The van der Waals surface area contributed by atoms with Crippen molar-refractivity contribution < 1.29 is 0 Å². The van der Waals surface area contributed by atoms with Crippen LogP contribution in [0.2, 0.25) is 0 Å². The first-order valence-electron chi connectivity index (χ1n) is 9.86. The van der Waals surface area contributed by atoms with Gasteiger partial charge in [-0.05, 0) is 45.5 Å². The molecule has 0 spiro atoms. The molecule has 0 aliphatic carbocycles. The minimum absolute atomic E-state index is 0.596. The molecule has 0 saturated carbocycles. The summed E-state index contributed by atoms with van der Waals surface area (Å²) in [6, 6.07) is 38.2. The van der Waals surface area contributed by atoms with Gasteiger partial charge in [-0.15, -0.1) is 0 Å². The highest BCUT2D eigenvalue weighted by Crippen LogP contribution is 2.38. The van der Waals surface area contributed by atoms with E-state index >= 15 is 0 Å². The molecule has 0 aliphatic rings. The Morgan fingerprint density at radius 3 is 1.53 bits per heavy atom. The molecule has 144 valence electrons. The summed E-state index contributed by atoms with van der Waals surface area (Å²) in [5.41, 5.74) is 14.0. The molecule has 0 aliphatic heterocycles. The third-order valence-electron chi connectivity index (χ3n) is 5.13. The van der Waals surface area contributed by atoms with Crippen LogP contribution in [-0.2, 0) is 0 Å². The van der Waals surface area contributed by atoms with Gasteiger partial charge in [0.25, 0.3) is 0 Å². The standard InChI is InChI=1S/C27H20N2S/c28-27-29-23-17-16-22(18-24(23)30-27)26(21-14-8-3-9-15-21)25(19-10-4-1-5-11-19)20-12-6-2-7-13-20/h1-18H,(H2,28,29). The lowest BCUT2D eigenvalue weighted by atomic mass is 9.86. The highest BCUT2D eigenvalue weighted by molar-refractivity contribution is 7.22. The normalized spacial score (nSPS) is 10.8. The molecular formula is C27H20N2S. The highest BCUT2D eigenvalue weighted by Gasteiger charge is 2.16. The smallest absolute Gasteiger partial charge is 0.181 e. The number of benzene rings is 4. The van der Waals surface area contributed by atoms with Crippen LogP contribution in [0.25, 0.3) is 21.4 Å². The molecule has 0 atom stereocenters. The zero-order valence-electron chi connectivity index (χ0n) is 16.3. The lowest BCUT2D eigenvalue weighted by Gasteiger charge is -2.18. The number of thiazole rings is 1. The van der Waals surface area contributed by atoms with E-state index in [9.17, 15) is 0 Å². The van der Waals surface area contributed by atoms with E-state index < -0.39 is 0 Å². The van der Waals surface area contributed by atoms with Crippen molar-refractivity contribution in [3.63, 3.8) is 0 Å². The summed E-state index contributed by atoms with van der Waals surface area (Å²) in [6.45, 7) is 0. The molecule has 0 radical (unpaired) electrons. The monoisotopic (exact) mass is 404 g/mol. The number of nitrogen functional groups attached to an aromatic ring is 1. The average molecular weight is 405 g/mol. The van der Waals surface area contributed by atoms with Crippen LogP contribution in [0.1, 0.15) is 22.3 Å². The zero-order valence-corrected chi connectivity index (χ0v) is 17.1. The molecule has 0 bridgehead atoms. The van der Waals surface area contributed by atoms with Crippen molar-refractivity contribution in [1.82, 2.24) is 4.98 Å². The number of hydrogen-bond acceptors (Lipinski definition) is 3. The lowest BCUT2D eigenvalue weighted by molar-refractivity contribution is 1.48. The van der Waals surface area contributed by atoms with Crippen LogP contribution in [0.5, 0.6) is 0 Å². The molecule has 2 nitrogen and oxygen atoms in total. The number of hydrogen-bond donors (Lipinski definition) is 1. The predicted molar refractivity (Wildman–Crippen MR) is 128 cm³/mol. The van der Waals surface area contributed by atoms with Crippen LogP contribution < -0.4 is 5.73 Å². The second-order valence-electron chi connectivity index (χ2n) is 7.08. The molecule has 2 N–H and O–H groups in total. The molecule has 4 aromatic carbocycles. The van der Waals surface area contributed by atoms with Gasteiger partial charge in [-0.25, -0.2) is 4.98 Å². The molecular weight excluding hydrogens is 384 g/mol. The number of fused-ring (bicyclic) bond motifs is 1. The van der Waals surface area contributed by atoms with E-state index in [1.807, 2.05) is 0 Å². The summed E-state index contributed by atoms with van der Waals surface area (Å²) >= 11 is 1.53. The van der Waals surface area contributed by atoms with E-state index in [0.29, 0.717) is 5.13 Å².